The normalized spacial score (nSPS) is 48.7. The van der Waals surface area contributed by atoms with E-state index >= 15 is 0 Å². The predicted octanol–water partition coefficient (Wildman–Crippen LogP) is 5.48. The number of allylic oxidation sites excluding steroid dienone is 2. The van der Waals surface area contributed by atoms with Crippen molar-refractivity contribution in [2.45, 2.75) is 91.6 Å². The molecule has 0 amide bonds. The lowest BCUT2D eigenvalue weighted by Crippen LogP contribution is -2.59. The van der Waals surface area contributed by atoms with Crippen LogP contribution in [0.15, 0.2) is 11.6 Å². The van der Waals surface area contributed by atoms with Crippen LogP contribution in [0.3, 0.4) is 0 Å². The molecule has 0 radical (unpaired) electrons. The summed E-state index contributed by atoms with van der Waals surface area (Å²) < 4.78 is 5.87. The number of rotatable bonds is 2. The number of ketones is 1. The highest BCUT2D eigenvalue weighted by molar-refractivity contribution is 5.89. The van der Waals surface area contributed by atoms with Crippen LogP contribution in [0.1, 0.15) is 86.0 Å². The lowest BCUT2D eigenvalue weighted by molar-refractivity contribution is -0.187. The summed E-state index contributed by atoms with van der Waals surface area (Å²) in [6.45, 7) is 10.3. The Bertz CT molecular complexity index is 694. The lowest BCUT2D eigenvalue weighted by Gasteiger charge is -2.60. The molecule has 0 N–H and O–H groups in total. The molecule has 0 aromatic rings. The molecule has 3 fully saturated rings. The summed E-state index contributed by atoms with van der Waals surface area (Å²) in [7, 11) is 0. The van der Waals surface area contributed by atoms with Crippen molar-refractivity contribution in [1.82, 2.24) is 0 Å². The molecule has 0 heterocycles. The number of carbonyl (C=O) groups excluding carboxylic acids is 2. The first-order chi connectivity index (χ1) is 12.7. The van der Waals surface area contributed by atoms with Crippen molar-refractivity contribution in [3.8, 4) is 0 Å². The van der Waals surface area contributed by atoms with Crippen LogP contribution < -0.4 is 0 Å². The monoisotopic (exact) mass is 372 g/mol. The van der Waals surface area contributed by atoms with Gasteiger partial charge in [0, 0.05) is 12.3 Å². The van der Waals surface area contributed by atoms with E-state index in [1.807, 2.05) is 0 Å². The Labute approximate surface area is 164 Å². The summed E-state index contributed by atoms with van der Waals surface area (Å²) >= 11 is 0. The molecule has 0 aromatic carbocycles. The Balaban J connectivity index is 1.73. The molecule has 4 aliphatic carbocycles. The van der Waals surface area contributed by atoms with E-state index in [0.29, 0.717) is 29.6 Å². The van der Waals surface area contributed by atoms with Gasteiger partial charge in [0.2, 0.25) is 0 Å². The fourth-order valence-electron chi connectivity index (χ4n) is 8.27. The zero-order chi connectivity index (χ0) is 19.6. The maximum absolute atomic E-state index is 12.8. The van der Waals surface area contributed by atoms with Crippen LogP contribution in [-0.2, 0) is 14.3 Å². The molecule has 150 valence electrons. The van der Waals surface area contributed by atoms with Crippen molar-refractivity contribution >= 4 is 11.8 Å². The van der Waals surface area contributed by atoms with Crippen LogP contribution in [0.5, 0.6) is 0 Å². The van der Waals surface area contributed by atoms with Gasteiger partial charge in [0.25, 0.3) is 0 Å². The fourth-order valence-corrected chi connectivity index (χ4v) is 8.27. The van der Waals surface area contributed by atoms with Gasteiger partial charge in [0.15, 0.2) is 11.4 Å². The van der Waals surface area contributed by atoms with E-state index in [1.165, 1.54) is 32.6 Å². The summed E-state index contributed by atoms with van der Waals surface area (Å²) in [5, 5.41) is 0. The Morgan fingerprint density at radius 2 is 1.78 bits per heavy atom. The second-order valence-electron chi connectivity index (χ2n) is 10.5. The molecule has 3 nitrogen and oxygen atoms in total. The molecule has 4 aliphatic rings. The van der Waals surface area contributed by atoms with Gasteiger partial charge in [-0.3, -0.25) is 9.59 Å². The minimum Gasteiger partial charge on any atom is -0.451 e. The van der Waals surface area contributed by atoms with E-state index in [1.54, 1.807) is 12.5 Å². The van der Waals surface area contributed by atoms with E-state index in [-0.39, 0.29) is 17.2 Å². The minimum atomic E-state index is -0.901. The van der Waals surface area contributed by atoms with Crippen LogP contribution in [0.25, 0.3) is 0 Å². The van der Waals surface area contributed by atoms with E-state index in [4.69, 9.17) is 4.74 Å². The summed E-state index contributed by atoms with van der Waals surface area (Å²) in [5.74, 6) is 2.24. The third-order valence-corrected chi connectivity index (χ3v) is 9.34. The summed E-state index contributed by atoms with van der Waals surface area (Å²) in [5.41, 5.74) is 0.943. The van der Waals surface area contributed by atoms with Crippen molar-refractivity contribution in [2.24, 2.45) is 34.5 Å². The Morgan fingerprint density at radius 1 is 1.07 bits per heavy atom. The number of Topliss-reactive ketones (excluding diaryl/α,β-unsaturated/α-hetero) is 1. The van der Waals surface area contributed by atoms with Crippen LogP contribution >= 0.6 is 0 Å². The Morgan fingerprint density at radius 3 is 2.44 bits per heavy atom. The molecule has 0 aliphatic heterocycles. The van der Waals surface area contributed by atoms with Gasteiger partial charge in [0.05, 0.1) is 0 Å². The SMILES string of the molecule is CC(=O)O[C@@]1(C(C)=O)CC[C@H]2[C@@H]3C[C@H](C)C4=CCCC[C@]4(C)[C@H]3CC[C@@]21C. The van der Waals surface area contributed by atoms with Crippen LogP contribution in [0.4, 0.5) is 0 Å². The van der Waals surface area contributed by atoms with Gasteiger partial charge in [-0.1, -0.05) is 32.4 Å². The van der Waals surface area contributed by atoms with E-state index in [9.17, 15) is 9.59 Å². The zero-order valence-electron chi connectivity index (χ0n) is 17.8. The number of fused-ring (bicyclic) bond motifs is 5. The van der Waals surface area contributed by atoms with Gasteiger partial charge >= 0.3 is 5.97 Å². The highest BCUT2D eigenvalue weighted by atomic mass is 16.6. The third-order valence-electron chi connectivity index (χ3n) is 9.34. The molecule has 0 saturated heterocycles. The highest BCUT2D eigenvalue weighted by Crippen LogP contribution is 2.69. The molecule has 7 atom stereocenters. The predicted molar refractivity (Wildman–Crippen MR) is 106 cm³/mol. The van der Waals surface area contributed by atoms with Crippen molar-refractivity contribution in [1.29, 1.82) is 0 Å². The molecule has 4 rings (SSSR count). The van der Waals surface area contributed by atoms with Gasteiger partial charge in [-0.2, -0.15) is 0 Å². The topological polar surface area (TPSA) is 43.4 Å². The fraction of sp³-hybridized carbons (Fsp3) is 0.833. The first kappa shape index (κ1) is 19.2. The van der Waals surface area contributed by atoms with Gasteiger partial charge in [-0.05, 0) is 87.4 Å². The smallest absolute Gasteiger partial charge is 0.303 e. The number of ether oxygens (including phenoxy) is 1. The highest BCUT2D eigenvalue weighted by Gasteiger charge is 2.68. The van der Waals surface area contributed by atoms with Crippen LogP contribution in [0, 0.1) is 34.5 Å². The summed E-state index contributed by atoms with van der Waals surface area (Å²) in [6, 6.07) is 0. The summed E-state index contributed by atoms with van der Waals surface area (Å²) in [4.78, 5) is 24.7. The lowest BCUT2D eigenvalue weighted by atomic mass is 9.45. The van der Waals surface area contributed by atoms with Crippen LogP contribution in [0.2, 0.25) is 0 Å². The van der Waals surface area contributed by atoms with Gasteiger partial charge in [0.1, 0.15) is 0 Å². The standard InChI is InChI=1S/C24H36O3/c1-15-14-18-20(22(4)11-7-6-8-19(15)22)9-12-23(5)21(18)10-13-24(23,16(2)25)27-17(3)26/h8,15,18,20-21H,6-7,9-14H2,1-5H3/t15-,18+,20-,21-,22-,23-,24+/m0/s1. The first-order valence-electron chi connectivity index (χ1n) is 11.1. The maximum atomic E-state index is 12.8. The van der Waals surface area contributed by atoms with E-state index in [0.717, 1.165) is 25.2 Å². The maximum Gasteiger partial charge on any atom is 0.303 e. The molecule has 27 heavy (non-hydrogen) atoms. The largest absolute Gasteiger partial charge is 0.451 e. The second-order valence-corrected chi connectivity index (χ2v) is 10.5. The number of hydrogen-bond acceptors (Lipinski definition) is 3. The van der Waals surface area contributed by atoms with Gasteiger partial charge in [-0.15, -0.1) is 0 Å². The Hall–Kier alpha value is -1.12. The average Bonchev–Trinajstić information content (AvgIpc) is 2.88. The molecule has 0 spiro atoms. The summed E-state index contributed by atoms with van der Waals surface area (Å²) in [6.07, 6.45) is 11.5. The number of hydrogen-bond donors (Lipinski definition) is 0. The van der Waals surface area contributed by atoms with Crippen molar-refractivity contribution in [2.75, 3.05) is 0 Å². The number of esters is 1. The second kappa shape index (κ2) is 6.19. The first-order valence-corrected chi connectivity index (χ1v) is 11.1. The van der Waals surface area contributed by atoms with E-state index in [2.05, 4.69) is 26.8 Å². The number of carbonyl (C=O) groups is 2. The van der Waals surface area contributed by atoms with Crippen molar-refractivity contribution in [3.05, 3.63) is 11.6 Å². The zero-order valence-corrected chi connectivity index (χ0v) is 17.8. The average molecular weight is 373 g/mol. The molecular formula is C24H36O3. The van der Waals surface area contributed by atoms with Crippen molar-refractivity contribution < 1.29 is 14.3 Å². The molecule has 0 aromatic heterocycles. The van der Waals surface area contributed by atoms with E-state index < -0.39 is 5.60 Å². The Kier molecular flexibility index (Phi) is 4.40. The van der Waals surface area contributed by atoms with Crippen molar-refractivity contribution in [3.63, 3.8) is 0 Å². The van der Waals surface area contributed by atoms with Crippen LogP contribution in [-0.4, -0.2) is 17.4 Å². The molecule has 0 bridgehead atoms. The minimum absolute atomic E-state index is 0.0504. The third kappa shape index (κ3) is 2.45. The van der Waals surface area contributed by atoms with Gasteiger partial charge < -0.3 is 4.74 Å². The molecule has 0 unspecified atom stereocenters. The van der Waals surface area contributed by atoms with Gasteiger partial charge in [-0.25, -0.2) is 0 Å². The molecular weight excluding hydrogens is 336 g/mol. The molecule has 3 saturated carbocycles. The quantitative estimate of drug-likeness (QED) is 0.476. The molecule has 3 heteroatoms.